The molecule has 0 aliphatic carbocycles. The van der Waals surface area contributed by atoms with Crippen molar-refractivity contribution < 1.29 is 19.0 Å². The van der Waals surface area contributed by atoms with Gasteiger partial charge >= 0.3 is 0 Å². The number of ether oxygens (including phenoxy) is 2. The van der Waals surface area contributed by atoms with E-state index in [-0.39, 0.29) is 11.2 Å². The second kappa shape index (κ2) is 9.31. The lowest BCUT2D eigenvalue weighted by Crippen LogP contribution is -2.03. The van der Waals surface area contributed by atoms with Gasteiger partial charge in [0.2, 0.25) is 0 Å². The number of phenols is 1. The smallest absolute Gasteiger partial charge is 0.193 e. The molecular weight excluding hydrogens is 356 g/mol. The standard InChI is InChI=1S/C23H26O5/c1-3-5-11-26-20-10-7-16(13-23(20)27-12-6-4-2)21-15-19(25)18-9-8-17(24)14-22(18)28-21/h7-10,13-15,24H,3-6,11-12H2,1-2H3. The summed E-state index contributed by atoms with van der Waals surface area (Å²) in [4.78, 5) is 12.4. The molecule has 0 saturated carbocycles. The van der Waals surface area contributed by atoms with Crippen LogP contribution in [0.5, 0.6) is 17.2 Å². The third kappa shape index (κ3) is 4.66. The summed E-state index contributed by atoms with van der Waals surface area (Å²) < 4.78 is 17.7. The molecule has 148 valence electrons. The maximum absolute atomic E-state index is 12.4. The number of hydrogen-bond acceptors (Lipinski definition) is 5. The van der Waals surface area contributed by atoms with Crippen LogP contribution in [0.25, 0.3) is 22.3 Å². The van der Waals surface area contributed by atoms with Crippen LogP contribution >= 0.6 is 0 Å². The molecule has 0 amide bonds. The van der Waals surface area contributed by atoms with E-state index in [1.165, 1.54) is 18.2 Å². The second-order valence-corrected chi connectivity index (χ2v) is 6.72. The zero-order chi connectivity index (χ0) is 19.9. The zero-order valence-corrected chi connectivity index (χ0v) is 16.4. The predicted octanol–water partition coefficient (Wildman–Crippen LogP) is 5.52. The van der Waals surface area contributed by atoms with Crippen LogP contribution in [0.3, 0.4) is 0 Å². The van der Waals surface area contributed by atoms with Crippen LogP contribution in [0.4, 0.5) is 0 Å². The van der Waals surface area contributed by atoms with Gasteiger partial charge in [-0.25, -0.2) is 0 Å². The highest BCUT2D eigenvalue weighted by Gasteiger charge is 2.12. The molecule has 1 aromatic heterocycles. The first kappa shape index (κ1) is 19.8. The van der Waals surface area contributed by atoms with Crippen molar-refractivity contribution in [3.05, 3.63) is 52.7 Å². The minimum absolute atomic E-state index is 0.0519. The van der Waals surface area contributed by atoms with Gasteiger partial charge in [0.1, 0.15) is 17.1 Å². The number of benzene rings is 2. The highest BCUT2D eigenvalue weighted by atomic mass is 16.5. The van der Waals surface area contributed by atoms with Crippen molar-refractivity contribution in [2.75, 3.05) is 13.2 Å². The molecule has 2 aromatic carbocycles. The number of fused-ring (bicyclic) bond motifs is 1. The van der Waals surface area contributed by atoms with Gasteiger partial charge in [0, 0.05) is 17.7 Å². The highest BCUT2D eigenvalue weighted by molar-refractivity contribution is 5.80. The van der Waals surface area contributed by atoms with Crippen LogP contribution in [0.2, 0.25) is 0 Å². The van der Waals surface area contributed by atoms with E-state index in [1.54, 1.807) is 6.07 Å². The first-order valence-corrected chi connectivity index (χ1v) is 9.79. The fourth-order valence-corrected chi connectivity index (χ4v) is 2.83. The van der Waals surface area contributed by atoms with Crippen LogP contribution in [0.1, 0.15) is 39.5 Å². The quantitative estimate of drug-likeness (QED) is 0.493. The molecule has 0 fully saturated rings. The topological polar surface area (TPSA) is 68.9 Å². The molecule has 0 saturated heterocycles. The van der Waals surface area contributed by atoms with Gasteiger partial charge in [-0.05, 0) is 43.2 Å². The molecule has 0 bridgehead atoms. The van der Waals surface area contributed by atoms with E-state index < -0.39 is 0 Å². The Bertz CT molecular complexity index is 990. The van der Waals surface area contributed by atoms with Crippen LogP contribution in [-0.4, -0.2) is 18.3 Å². The molecule has 5 heteroatoms. The van der Waals surface area contributed by atoms with Crippen molar-refractivity contribution in [2.24, 2.45) is 0 Å². The number of rotatable bonds is 9. The van der Waals surface area contributed by atoms with E-state index in [0.717, 1.165) is 31.2 Å². The molecule has 1 N–H and O–H groups in total. The van der Waals surface area contributed by atoms with Gasteiger partial charge in [-0.1, -0.05) is 26.7 Å². The Morgan fingerprint density at radius 3 is 2.32 bits per heavy atom. The van der Waals surface area contributed by atoms with Crippen molar-refractivity contribution in [1.82, 2.24) is 0 Å². The minimum atomic E-state index is -0.159. The van der Waals surface area contributed by atoms with Gasteiger partial charge in [0.25, 0.3) is 0 Å². The van der Waals surface area contributed by atoms with Crippen molar-refractivity contribution in [1.29, 1.82) is 0 Å². The Kier molecular flexibility index (Phi) is 6.58. The first-order chi connectivity index (χ1) is 13.6. The molecule has 0 spiro atoms. The third-order valence-corrected chi connectivity index (χ3v) is 4.45. The van der Waals surface area contributed by atoms with Gasteiger partial charge in [-0.2, -0.15) is 0 Å². The summed E-state index contributed by atoms with van der Waals surface area (Å²) in [6.07, 6.45) is 4.01. The van der Waals surface area contributed by atoms with E-state index in [0.29, 0.717) is 41.4 Å². The predicted molar refractivity (Wildman–Crippen MR) is 110 cm³/mol. The number of unbranched alkanes of at least 4 members (excludes halogenated alkanes) is 2. The maximum atomic E-state index is 12.4. The Balaban J connectivity index is 1.97. The summed E-state index contributed by atoms with van der Waals surface area (Å²) >= 11 is 0. The average molecular weight is 382 g/mol. The number of phenolic OH excluding ortho intramolecular Hbond substituents is 1. The number of aromatic hydroxyl groups is 1. The van der Waals surface area contributed by atoms with E-state index in [4.69, 9.17) is 13.9 Å². The summed E-state index contributed by atoms with van der Waals surface area (Å²) in [6, 6.07) is 11.5. The summed E-state index contributed by atoms with van der Waals surface area (Å²) in [5.41, 5.74) is 0.906. The van der Waals surface area contributed by atoms with Crippen molar-refractivity contribution in [2.45, 2.75) is 39.5 Å². The lowest BCUT2D eigenvalue weighted by atomic mass is 10.1. The van der Waals surface area contributed by atoms with Crippen molar-refractivity contribution >= 4 is 11.0 Å². The molecule has 0 radical (unpaired) electrons. The normalized spacial score (nSPS) is 10.9. The monoisotopic (exact) mass is 382 g/mol. The van der Waals surface area contributed by atoms with Gasteiger partial charge in [-0.3, -0.25) is 4.79 Å². The highest BCUT2D eigenvalue weighted by Crippen LogP contribution is 2.34. The molecule has 5 nitrogen and oxygen atoms in total. The van der Waals surface area contributed by atoms with Crippen molar-refractivity contribution in [3.63, 3.8) is 0 Å². The first-order valence-electron chi connectivity index (χ1n) is 9.79. The Hall–Kier alpha value is -2.95. The number of hydrogen-bond donors (Lipinski definition) is 1. The van der Waals surface area contributed by atoms with Gasteiger partial charge in [-0.15, -0.1) is 0 Å². The molecule has 0 aliphatic rings. The molecule has 0 atom stereocenters. The third-order valence-electron chi connectivity index (χ3n) is 4.45. The van der Waals surface area contributed by atoms with Gasteiger partial charge in [0.05, 0.1) is 18.6 Å². The lowest BCUT2D eigenvalue weighted by Gasteiger charge is -2.14. The second-order valence-electron chi connectivity index (χ2n) is 6.72. The van der Waals surface area contributed by atoms with Crippen LogP contribution in [0.15, 0.2) is 51.7 Å². The molecular formula is C23H26O5. The fourth-order valence-electron chi connectivity index (χ4n) is 2.83. The Labute approximate surface area is 164 Å². The van der Waals surface area contributed by atoms with Crippen LogP contribution in [0, 0.1) is 0 Å². The van der Waals surface area contributed by atoms with Crippen LogP contribution in [-0.2, 0) is 0 Å². The van der Waals surface area contributed by atoms with E-state index in [2.05, 4.69) is 13.8 Å². The van der Waals surface area contributed by atoms with E-state index in [1.807, 2.05) is 18.2 Å². The van der Waals surface area contributed by atoms with Crippen molar-refractivity contribution in [3.8, 4) is 28.6 Å². The van der Waals surface area contributed by atoms with E-state index in [9.17, 15) is 9.90 Å². The summed E-state index contributed by atoms with van der Waals surface area (Å²) in [7, 11) is 0. The average Bonchev–Trinajstić information content (AvgIpc) is 2.69. The largest absolute Gasteiger partial charge is 0.508 e. The molecule has 0 unspecified atom stereocenters. The zero-order valence-electron chi connectivity index (χ0n) is 16.4. The van der Waals surface area contributed by atoms with Gasteiger partial charge < -0.3 is 19.0 Å². The molecule has 3 rings (SSSR count). The Morgan fingerprint density at radius 1 is 0.893 bits per heavy atom. The molecule has 28 heavy (non-hydrogen) atoms. The molecule has 3 aromatic rings. The minimum Gasteiger partial charge on any atom is -0.508 e. The SMILES string of the molecule is CCCCOc1ccc(-c2cc(=O)c3ccc(O)cc3o2)cc1OCCCC. The Morgan fingerprint density at radius 2 is 1.61 bits per heavy atom. The summed E-state index contributed by atoms with van der Waals surface area (Å²) in [6.45, 7) is 5.45. The lowest BCUT2D eigenvalue weighted by molar-refractivity contribution is 0.262. The molecule has 0 aliphatic heterocycles. The van der Waals surface area contributed by atoms with Gasteiger partial charge in [0.15, 0.2) is 16.9 Å². The molecule has 1 heterocycles. The fraction of sp³-hybridized carbons (Fsp3) is 0.348. The summed E-state index contributed by atoms with van der Waals surface area (Å²) in [5.74, 6) is 1.80. The maximum Gasteiger partial charge on any atom is 0.193 e. The summed E-state index contributed by atoms with van der Waals surface area (Å²) in [5, 5.41) is 10.1. The van der Waals surface area contributed by atoms with E-state index >= 15 is 0 Å². The van der Waals surface area contributed by atoms with Crippen LogP contribution < -0.4 is 14.9 Å².